The van der Waals surface area contributed by atoms with Crippen LogP contribution in [-0.4, -0.2) is 22.5 Å². The van der Waals surface area contributed by atoms with Gasteiger partial charge in [0.05, 0.1) is 12.0 Å². The van der Waals surface area contributed by atoms with Gasteiger partial charge in [-0.15, -0.1) is 11.3 Å². The highest BCUT2D eigenvalue weighted by atomic mass is 79.9. The molecular formula is C23H20BrN3O2S. The zero-order chi connectivity index (χ0) is 21.1. The standard InChI is InChI=1S/C23H20BrN3O2S/c1-14-8-9-17(12-18(14)24)27-21-19-15(2)20(30-22(19)26-13-25-21)23(28)29-11-10-16-6-4-3-5-7-16/h3-9,12-13H,10-11H2,1-2H3,(H,25,26,27). The first kappa shape index (κ1) is 20.5. The van der Waals surface area contributed by atoms with Gasteiger partial charge in [-0.3, -0.25) is 0 Å². The molecule has 0 amide bonds. The smallest absolute Gasteiger partial charge is 0.348 e. The number of thiophene rings is 1. The van der Waals surface area contributed by atoms with E-state index in [0.29, 0.717) is 23.7 Å². The van der Waals surface area contributed by atoms with Crippen LogP contribution >= 0.6 is 27.3 Å². The first-order valence-corrected chi connectivity index (χ1v) is 11.1. The molecule has 30 heavy (non-hydrogen) atoms. The number of fused-ring (bicyclic) bond motifs is 1. The fourth-order valence-electron chi connectivity index (χ4n) is 3.14. The number of anilines is 2. The van der Waals surface area contributed by atoms with E-state index in [4.69, 9.17) is 4.74 Å². The van der Waals surface area contributed by atoms with Crippen LogP contribution in [0.3, 0.4) is 0 Å². The van der Waals surface area contributed by atoms with Crippen LogP contribution in [0, 0.1) is 13.8 Å². The summed E-state index contributed by atoms with van der Waals surface area (Å²) in [6.45, 7) is 4.28. The van der Waals surface area contributed by atoms with Crippen molar-refractivity contribution in [3.8, 4) is 0 Å². The van der Waals surface area contributed by atoms with Gasteiger partial charge in [0.1, 0.15) is 21.9 Å². The lowest BCUT2D eigenvalue weighted by molar-refractivity contribution is 0.0514. The van der Waals surface area contributed by atoms with E-state index < -0.39 is 0 Å². The molecule has 2 aromatic carbocycles. The molecule has 4 rings (SSSR count). The Morgan fingerprint density at radius 1 is 1.13 bits per heavy atom. The minimum Gasteiger partial charge on any atom is -0.461 e. The number of rotatable bonds is 6. The number of carbonyl (C=O) groups is 1. The van der Waals surface area contributed by atoms with Gasteiger partial charge in [0.15, 0.2) is 0 Å². The third kappa shape index (κ3) is 4.37. The van der Waals surface area contributed by atoms with Crippen molar-refractivity contribution >= 4 is 55.0 Å². The Morgan fingerprint density at radius 3 is 2.70 bits per heavy atom. The fraction of sp³-hybridized carbons (Fsp3) is 0.174. The Bertz CT molecular complexity index is 1210. The molecule has 7 heteroatoms. The Balaban J connectivity index is 1.55. The highest BCUT2D eigenvalue weighted by Crippen LogP contribution is 2.35. The third-order valence-corrected chi connectivity index (χ3v) is 6.85. The van der Waals surface area contributed by atoms with Gasteiger partial charge in [0, 0.05) is 16.6 Å². The molecule has 0 saturated heterocycles. The van der Waals surface area contributed by atoms with Crippen LogP contribution in [0.4, 0.5) is 11.5 Å². The lowest BCUT2D eigenvalue weighted by Crippen LogP contribution is -2.07. The average Bonchev–Trinajstić information content (AvgIpc) is 3.09. The molecule has 2 aromatic heterocycles. The summed E-state index contributed by atoms with van der Waals surface area (Å²) in [5, 5.41) is 4.19. The monoisotopic (exact) mass is 481 g/mol. The van der Waals surface area contributed by atoms with Crippen molar-refractivity contribution in [2.75, 3.05) is 11.9 Å². The minimum absolute atomic E-state index is 0.324. The van der Waals surface area contributed by atoms with Gasteiger partial charge in [0.2, 0.25) is 0 Å². The van der Waals surface area contributed by atoms with E-state index in [1.54, 1.807) is 0 Å². The molecule has 5 nitrogen and oxygen atoms in total. The van der Waals surface area contributed by atoms with Gasteiger partial charge in [-0.05, 0) is 42.7 Å². The average molecular weight is 482 g/mol. The van der Waals surface area contributed by atoms with Crippen LogP contribution in [0.2, 0.25) is 0 Å². The molecule has 1 N–H and O–H groups in total. The predicted molar refractivity (Wildman–Crippen MR) is 125 cm³/mol. The van der Waals surface area contributed by atoms with Crippen LogP contribution in [0.25, 0.3) is 10.2 Å². The molecule has 2 heterocycles. The number of benzene rings is 2. The van der Waals surface area contributed by atoms with Crippen molar-refractivity contribution in [1.29, 1.82) is 0 Å². The summed E-state index contributed by atoms with van der Waals surface area (Å²) in [6.07, 6.45) is 2.19. The molecule has 0 unspecified atom stereocenters. The lowest BCUT2D eigenvalue weighted by atomic mass is 10.2. The molecule has 0 aliphatic carbocycles. The number of ether oxygens (including phenoxy) is 1. The van der Waals surface area contributed by atoms with Crippen LogP contribution < -0.4 is 5.32 Å². The molecule has 0 bridgehead atoms. The maximum Gasteiger partial charge on any atom is 0.348 e. The van der Waals surface area contributed by atoms with Crippen molar-refractivity contribution in [2.45, 2.75) is 20.3 Å². The second kappa shape index (κ2) is 8.93. The van der Waals surface area contributed by atoms with Crippen LogP contribution in [0.1, 0.15) is 26.4 Å². The predicted octanol–water partition coefficient (Wildman–Crippen LogP) is 6.21. The zero-order valence-electron chi connectivity index (χ0n) is 16.6. The maximum absolute atomic E-state index is 12.7. The number of aromatic nitrogens is 2. The number of nitrogens with zero attached hydrogens (tertiary/aromatic N) is 2. The third-order valence-electron chi connectivity index (χ3n) is 4.81. The van der Waals surface area contributed by atoms with E-state index in [2.05, 4.69) is 31.2 Å². The first-order chi connectivity index (χ1) is 14.5. The van der Waals surface area contributed by atoms with Gasteiger partial charge in [-0.2, -0.15) is 0 Å². The number of halogens is 1. The van der Waals surface area contributed by atoms with Crippen molar-refractivity contribution in [2.24, 2.45) is 0 Å². The van der Waals surface area contributed by atoms with E-state index >= 15 is 0 Å². The van der Waals surface area contributed by atoms with Gasteiger partial charge < -0.3 is 10.1 Å². The number of hydrogen-bond donors (Lipinski definition) is 1. The van der Waals surface area contributed by atoms with Gasteiger partial charge in [0.25, 0.3) is 0 Å². The number of nitrogens with one attached hydrogen (secondary N) is 1. The van der Waals surface area contributed by atoms with E-state index in [1.807, 2.05) is 62.4 Å². The first-order valence-electron chi connectivity index (χ1n) is 9.51. The van der Waals surface area contributed by atoms with Crippen molar-refractivity contribution in [1.82, 2.24) is 9.97 Å². The quantitative estimate of drug-likeness (QED) is 0.331. The number of hydrogen-bond acceptors (Lipinski definition) is 6. The SMILES string of the molecule is Cc1ccc(Nc2ncnc3sc(C(=O)OCCc4ccccc4)c(C)c23)cc1Br. The van der Waals surface area contributed by atoms with Gasteiger partial charge in [-0.25, -0.2) is 14.8 Å². The molecular weight excluding hydrogens is 462 g/mol. The molecule has 0 aliphatic rings. The second-order valence-corrected chi connectivity index (χ2v) is 8.77. The van der Waals surface area contributed by atoms with E-state index in [-0.39, 0.29) is 5.97 Å². The largest absolute Gasteiger partial charge is 0.461 e. The van der Waals surface area contributed by atoms with Crippen LogP contribution in [0.5, 0.6) is 0 Å². The molecule has 0 atom stereocenters. The fourth-order valence-corrected chi connectivity index (χ4v) is 4.56. The Kier molecular flexibility index (Phi) is 6.11. The van der Waals surface area contributed by atoms with Crippen molar-refractivity contribution in [3.63, 3.8) is 0 Å². The van der Waals surface area contributed by atoms with E-state index in [1.165, 1.54) is 17.7 Å². The normalized spacial score (nSPS) is 10.9. The van der Waals surface area contributed by atoms with Crippen molar-refractivity contribution < 1.29 is 9.53 Å². The second-order valence-electron chi connectivity index (χ2n) is 6.92. The van der Waals surface area contributed by atoms with Crippen LogP contribution in [-0.2, 0) is 11.2 Å². The summed E-state index contributed by atoms with van der Waals surface area (Å²) in [5.41, 5.74) is 4.03. The molecule has 0 aliphatic heterocycles. The molecule has 0 spiro atoms. The molecule has 0 radical (unpaired) electrons. The number of esters is 1. The van der Waals surface area contributed by atoms with Gasteiger partial charge >= 0.3 is 5.97 Å². The topological polar surface area (TPSA) is 64.1 Å². The summed E-state index contributed by atoms with van der Waals surface area (Å²) < 4.78 is 6.54. The highest BCUT2D eigenvalue weighted by molar-refractivity contribution is 9.10. The minimum atomic E-state index is -0.324. The molecule has 4 aromatic rings. The lowest BCUT2D eigenvalue weighted by Gasteiger charge is -2.09. The molecule has 0 saturated carbocycles. The summed E-state index contributed by atoms with van der Waals surface area (Å²) in [4.78, 5) is 22.8. The molecule has 152 valence electrons. The molecule has 0 fully saturated rings. The maximum atomic E-state index is 12.7. The summed E-state index contributed by atoms with van der Waals surface area (Å²) in [6, 6.07) is 16.0. The Labute approximate surface area is 187 Å². The Hall–Kier alpha value is -2.77. The van der Waals surface area contributed by atoms with Crippen molar-refractivity contribution in [3.05, 3.63) is 80.9 Å². The number of aryl methyl sites for hydroxylation is 2. The highest BCUT2D eigenvalue weighted by Gasteiger charge is 2.20. The Morgan fingerprint density at radius 2 is 1.93 bits per heavy atom. The van der Waals surface area contributed by atoms with Gasteiger partial charge in [-0.1, -0.05) is 52.3 Å². The van der Waals surface area contributed by atoms with E-state index in [9.17, 15) is 4.79 Å². The summed E-state index contributed by atoms with van der Waals surface area (Å²) >= 11 is 4.89. The summed E-state index contributed by atoms with van der Waals surface area (Å²) in [5.74, 6) is 0.350. The number of carbonyl (C=O) groups excluding carboxylic acids is 1. The summed E-state index contributed by atoms with van der Waals surface area (Å²) in [7, 11) is 0. The van der Waals surface area contributed by atoms with E-state index in [0.717, 1.165) is 37.1 Å². The van der Waals surface area contributed by atoms with Crippen LogP contribution in [0.15, 0.2) is 59.3 Å². The zero-order valence-corrected chi connectivity index (χ0v) is 19.0.